The zero-order valence-electron chi connectivity index (χ0n) is 16.8. The van der Waals surface area contributed by atoms with E-state index in [-0.39, 0.29) is 18.3 Å². The van der Waals surface area contributed by atoms with E-state index in [2.05, 4.69) is 0 Å². The van der Waals surface area contributed by atoms with Gasteiger partial charge in [0, 0.05) is 29.8 Å². The number of anilines is 1. The minimum absolute atomic E-state index is 0.0781. The summed E-state index contributed by atoms with van der Waals surface area (Å²) in [6, 6.07) is 22.5. The summed E-state index contributed by atoms with van der Waals surface area (Å²) < 4.78 is 10.7. The average Bonchev–Trinajstić information content (AvgIpc) is 3.24. The first-order valence-electron chi connectivity index (χ1n) is 10.0. The van der Waals surface area contributed by atoms with Crippen LogP contribution in [-0.4, -0.2) is 30.8 Å². The van der Waals surface area contributed by atoms with Crippen molar-refractivity contribution in [3.63, 3.8) is 0 Å². The second kappa shape index (κ2) is 9.26. The first kappa shape index (κ1) is 20.3. The van der Waals surface area contributed by atoms with Crippen molar-refractivity contribution < 1.29 is 23.9 Å². The average molecular weight is 415 g/mol. The van der Waals surface area contributed by atoms with Crippen LogP contribution in [0.1, 0.15) is 28.8 Å². The van der Waals surface area contributed by atoms with Crippen LogP contribution < -0.4 is 14.4 Å². The van der Waals surface area contributed by atoms with Crippen molar-refractivity contribution in [1.82, 2.24) is 0 Å². The van der Waals surface area contributed by atoms with Crippen molar-refractivity contribution in [2.75, 3.05) is 18.1 Å². The fraction of sp³-hybridized carbons (Fsp3) is 0.160. The van der Waals surface area contributed by atoms with E-state index in [9.17, 15) is 14.4 Å². The third kappa shape index (κ3) is 4.98. The molecule has 0 bridgehead atoms. The predicted molar refractivity (Wildman–Crippen MR) is 115 cm³/mol. The van der Waals surface area contributed by atoms with Gasteiger partial charge in [-0.05, 0) is 55.0 Å². The number of carbonyl (C=O) groups excluding carboxylic acids is 3. The molecule has 156 valence electrons. The van der Waals surface area contributed by atoms with Crippen molar-refractivity contribution >= 4 is 23.3 Å². The molecule has 1 aliphatic heterocycles. The molecule has 3 aromatic rings. The van der Waals surface area contributed by atoms with Crippen molar-refractivity contribution in [2.24, 2.45) is 0 Å². The van der Waals surface area contributed by atoms with Gasteiger partial charge in [0.25, 0.3) is 0 Å². The highest BCUT2D eigenvalue weighted by atomic mass is 16.6. The predicted octanol–water partition coefficient (Wildman–Crippen LogP) is 4.03. The maximum absolute atomic E-state index is 12.4. The van der Waals surface area contributed by atoms with Crippen molar-refractivity contribution in [2.45, 2.75) is 12.8 Å². The standard InChI is InChI=1S/C25H21NO5/c27-23-7-4-16-26(23)20-10-14-22(15-11-20)31-24(28)17-30-21-12-8-19(9-13-21)25(29)18-5-2-1-3-6-18/h1-3,5-6,8-15H,4,7,16-17H2. The minimum atomic E-state index is -0.547. The molecule has 1 heterocycles. The van der Waals surface area contributed by atoms with Crippen molar-refractivity contribution in [3.8, 4) is 11.5 Å². The van der Waals surface area contributed by atoms with Crippen LogP contribution in [0.4, 0.5) is 5.69 Å². The molecular weight excluding hydrogens is 394 g/mol. The van der Waals surface area contributed by atoms with Gasteiger partial charge in [0.2, 0.25) is 5.91 Å². The molecule has 0 aliphatic carbocycles. The van der Waals surface area contributed by atoms with Gasteiger partial charge in [0.1, 0.15) is 11.5 Å². The lowest BCUT2D eigenvalue weighted by Crippen LogP contribution is -2.23. The summed E-state index contributed by atoms with van der Waals surface area (Å²) in [7, 11) is 0. The van der Waals surface area contributed by atoms with Crippen LogP contribution in [0.3, 0.4) is 0 Å². The summed E-state index contributed by atoms with van der Waals surface area (Å²) in [5.74, 6) is 0.326. The third-order valence-electron chi connectivity index (χ3n) is 4.96. The Hall–Kier alpha value is -3.93. The van der Waals surface area contributed by atoms with E-state index in [1.54, 1.807) is 65.6 Å². The number of amides is 1. The van der Waals surface area contributed by atoms with E-state index in [0.717, 1.165) is 12.1 Å². The molecule has 0 saturated carbocycles. The lowest BCUT2D eigenvalue weighted by molar-refractivity contribution is -0.136. The maximum Gasteiger partial charge on any atom is 0.349 e. The number of rotatable bonds is 7. The lowest BCUT2D eigenvalue weighted by Gasteiger charge is -2.15. The highest BCUT2D eigenvalue weighted by molar-refractivity contribution is 6.09. The number of benzene rings is 3. The summed E-state index contributed by atoms with van der Waals surface area (Å²) in [6.45, 7) is 0.444. The van der Waals surface area contributed by atoms with Crippen LogP contribution in [0, 0.1) is 0 Å². The van der Waals surface area contributed by atoms with Gasteiger partial charge in [-0.1, -0.05) is 30.3 Å². The quantitative estimate of drug-likeness (QED) is 0.331. The summed E-state index contributed by atoms with van der Waals surface area (Å²) in [4.78, 5) is 38.0. The van der Waals surface area contributed by atoms with Crippen molar-refractivity contribution in [3.05, 3.63) is 90.0 Å². The van der Waals surface area contributed by atoms with Crippen LogP contribution in [0.15, 0.2) is 78.9 Å². The highest BCUT2D eigenvalue weighted by Gasteiger charge is 2.21. The van der Waals surface area contributed by atoms with E-state index in [1.165, 1.54) is 0 Å². The van der Waals surface area contributed by atoms with E-state index in [1.807, 2.05) is 18.2 Å². The monoisotopic (exact) mass is 415 g/mol. The zero-order valence-corrected chi connectivity index (χ0v) is 16.8. The Balaban J connectivity index is 1.29. The Labute approximate surface area is 180 Å². The Morgan fingerprint density at radius 2 is 1.45 bits per heavy atom. The smallest absolute Gasteiger partial charge is 0.349 e. The number of hydrogen-bond acceptors (Lipinski definition) is 5. The van der Waals surface area contributed by atoms with Gasteiger partial charge in [0.15, 0.2) is 12.4 Å². The van der Waals surface area contributed by atoms with Gasteiger partial charge in [-0.25, -0.2) is 4.79 Å². The molecule has 0 N–H and O–H groups in total. The van der Waals surface area contributed by atoms with Gasteiger partial charge in [-0.2, -0.15) is 0 Å². The van der Waals surface area contributed by atoms with Gasteiger partial charge >= 0.3 is 5.97 Å². The van der Waals surface area contributed by atoms with Gasteiger partial charge in [-0.3, -0.25) is 9.59 Å². The van der Waals surface area contributed by atoms with Gasteiger partial charge in [-0.15, -0.1) is 0 Å². The minimum Gasteiger partial charge on any atom is -0.482 e. The third-order valence-corrected chi connectivity index (χ3v) is 4.96. The lowest BCUT2D eigenvalue weighted by atomic mass is 10.0. The van der Waals surface area contributed by atoms with Gasteiger partial charge < -0.3 is 14.4 Å². The Morgan fingerprint density at radius 1 is 0.806 bits per heavy atom. The first-order valence-corrected chi connectivity index (χ1v) is 10.0. The van der Waals surface area contributed by atoms with Gasteiger partial charge in [0.05, 0.1) is 0 Å². The molecule has 0 atom stereocenters. The topological polar surface area (TPSA) is 72.9 Å². The maximum atomic E-state index is 12.4. The molecule has 0 radical (unpaired) electrons. The van der Waals surface area contributed by atoms with E-state index in [0.29, 0.717) is 35.6 Å². The molecule has 3 aromatic carbocycles. The Kier molecular flexibility index (Phi) is 6.08. The molecule has 6 nitrogen and oxygen atoms in total. The summed E-state index contributed by atoms with van der Waals surface area (Å²) in [6.07, 6.45) is 1.42. The first-order chi connectivity index (χ1) is 15.1. The molecule has 1 amide bonds. The number of esters is 1. The fourth-order valence-electron chi connectivity index (χ4n) is 3.38. The molecule has 0 spiro atoms. The highest BCUT2D eigenvalue weighted by Crippen LogP contribution is 2.24. The Bertz CT molecular complexity index is 1080. The summed E-state index contributed by atoms with van der Waals surface area (Å²) in [5.41, 5.74) is 1.95. The van der Waals surface area contributed by atoms with Crippen LogP contribution >= 0.6 is 0 Å². The van der Waals surface area contributed by atoms with Crippen LogP contribution in [-0.2, 0) is 9.59 Å². The van der Waals surface area contributed by atoms with Crippen LogP contribution in [0.5, 0.6) is 11.5 Å². The number of ketones is 1. The Morgan fingerprint density at radius 3 is 2.10 bits per heavy atom. The molecule has 1 aliphatic rings. The molecule has 4 rings (SSSR count). The molecular formula is C25H21NO5. The fourth-order valence-corrected chi connectivity index (χ4v) is 3.38. The number of ether oxygens (including phenoxy) is 2. The molecule has 31 heavy (non-hydrogen) atoms. The normalized spacial score (nSPS) is 13.2. The number of carbonyl (C=O) groups is 3. The van der Waals surface area contributed by atoms with E-state index < -0.39 is 5.97 Å². The van der Waals surface area contributed by atoms with Crippen LogP contribution in [0.25, 0.3) is 0 Å². The van der Waals surface area contributed by atoms with E-state index in [4.69, 9.17) is 9.47 Å². The molecule has 1 saturated heterocycles. The molecule has 0 unspecified atom stereocenters. The van der Waals surface area contributed by atoms with Crippen LogP contribution in [0.2, 0.25) is 0 Å². The number of nitrogens with zero attached hydrogens (tertiary/aromatic N) is 1. The van der Waals surface area contributed by atoms with E-state index >= 15 is 0 Å². The molecule has 1 fully saturated rings. The second-order valence-electron chi connectivity index (χ2n) is 7.13. The van der Waals surface area contributed by atoms with Crippen molar-refractivity contribution in [1.29, 1.82) is 0 Å². The molecule has 0 aromatic heterocycles. The summed E-state index contributed by atoms with van der Waals surface area (Å²) in [5, 5.41) is 0. The largest absolute Gasteiger partial charge is 0.482 e. The summed E-state index contributed by atoms with van der Waals surface area (Å²) >= 11 is 0. The SMILES string of the molecule is O=C(COc1ccc(C(=O)c2ccccc2)cc1)Oc1ccc(N2CCCC2=O)cc1. The second-order valence-corrected chi connectivity index (χ2v) is 7.13. The zero-order chi connectivity index (χ0) is 21.6. The molecule has 6 heteroatoms. The number of hydrogen-bond donors (Lipinski definition) is 0.